The van der Waals surface area contributed by atoms with Gasteiger partial charge in [-0.15, -0.1) is 0 Å². The quantitative estimate of drug-likeness (QED) is 0.455. The van der Waals surface area contributed by atoms with Gasteiger partial charge in [0.2, 0.25) is 0 Å². The van der Waals surface area contributed by atoms with Gasteiger partial charge in [0.1, 0.15) is 5.58 Å². The first-order valence-electron chi connectivity index (χ1n) is 6.70. The smallest absolute Gasteiger partial charge is 0.307 e. The number of nitrogens with one attached hydrogen (secondary N) is 1. The molecule has 0 atom stereocenters. The van der Waals surface area contributed by atoms with Crippen LogP contribution in [0.15, 0.2) is 64.1 Å². The summed E-state index contributed by atoms with van der Waals surface area (Å²) in [6.45, 7) is 0. The van der Waals surface area contributed by atoms with Crippen LogP contribution in [0.3, 0.4) is 0 Å². The van der Waals surface area contributed by atoms with E-state index in [1.807, 2.05) is 30.3 Å². The molecule has 23 heavy (non-hydrogen) atoms. The fourth-order valence-electron chi connectivity index (χ4n) is 2.02. The van der Waals surface area contributed by atoms with Crippen LogP contribution in [0.2, 0.25) is 0 Å². The number of carbonyl (C=O) groups excluding carboxylic acids is 1. The number of non-ortho nitro benzene ring substituents is 1. The molecule has 1 aromatic heterocycles. The molecule has 0 spiro atoms. The van der Waals surface area contributed by atoms with Crippen LogP contribution in [0.5, 0.6) is 0 Å². The fourth-order valence-corrected chi connectivity index (χ4v) is 2.02. The number of benzene rings is 2. The number of hydrogen-bond donors (Lipinski definition) is 1. The molecule has 7 heteroatoms. The van der Waals surface area contributed by atoms with E-state index in [-0.39, 0.29) is 11.4 Å². The molecule has 114 valence electrons. The van der Waals surface area contributed by atoms with Crippen molar-refractivity contribution in [1.29, 1.82) is 0 Å². The minimum absolute atomic E-state index is 0.0331. The van der Waals surface area contributed by atoms with Crippen LogP contribution in [0, 0.1) is 10.1 Å². The van der Waals surface area contributed by atoms with E-state index in [2.05, 4.69) is 10.5 Å². The zero-order valence-corrected chi connectivity index (χ0v) is 11.8. The minimum atomic E-state index is -0.531. The van der Waals surface area contributed by atoms with Gasteiger partial charge >= 0.3 is 5.91 Å². The van der Waals surface area contributed by atoms with Crippen LogP contribution < -0.4 is 5.43 Å². The number of carbonyl (C=O) groups is 1. The second kappa shape index (κ2) is 6.10. The first-order chi connectivity index (χ1) is 11.1. The van der Waals surface area contributed by atoms with Crippen LogP contribution in [-0.4, -0.2) is 17.0 Å². The Balaban J connectivity index is 1.76. The van der Waals surface area contributed by atoms with Crippen molar-refractivity contribution >= 4 is 28.8 Å². The molecule has 0 aliphatic heterocycles. The van der Waals surface area contributed by atoms with Crippen LogP contribution >= 0.6 is 0 Å². The molecule has 3 rings (SSSR count). The van der Waals surface area contributed by atoms with E-state index in [1.54, 1.807) is 0 Å². The molecule has 2 aromatic carbocycles. The van der Waals surface area contributed by atoms with Gasteiger partial charge in [0.15, 0.2) is 5.76 Å². The molecule has 0 fully saturated rings. The maximum Gasteiger partial charge on any atom is 0.307 e. The topological polar surface area (TPSA) is 97.7 Å². The lowest BCUT2D eigenvalue weighted by Gasteiger charge is -1.95. The Bertz CT molecular complexity index is 900. The third-order valence-electron chi connectivity index (χ3n) is 3.11. The number of furan rings is 1. The highest BCUT2D eigenvalue weighted by molar-refractivity contribution is 5.96. The Morgan fingerprint density at radius 3 is 2.70 bits per heavy atom. The maximum atomic E-state index is 12.0. The lowest BCUT2D eigenvalue weighted by molar-refractivity contribution is -0.384. The van der Waals surface area contributed by atoms with Crippen molar-refractivity contribution in [3.05, 3.63) is 76.0 Å². The van der Waals surface area contributed by atoms with Crippen LogP contribution in [-0.2, 0) is 0 Å². The summed E-state index contributed by atoms with van der Waals surface area (Å²) in [4.78, 5) is 22.2. The van der Waals surface area contributed by atoms with Gasteiger partial charge in [-0.2, -0.15) is 5.10 Å². The van der Waals surface area contributed by atoms with Gasteiger partial charge in [-0.05, 0) is 17.7 Å². The molecule has 1 N–H and O–H groups in total. The second-order valence-electron chi connectivity index (χ2n) is 4.70. The summed E-state index contributed by atoms with van der Waals surface area (Å²) in [7, 11) is 0. The number of hydrogen-bond acceptors (Lipinski definition) is 5. The highest BCUT2D eigenvalue weighted by Gasteiger charge is 2.14. The predicted octanol–water partition coefficient (Wildman–Crippen LogP) is 3.10. The number of fused-ring (bicyclic) bond motifs is 1. The van der Waals surface area contributed by atoms with E-state index in [4.69, 9.17) is 4.42 Å². The highest BCUT2D eigenvalue weighted by Crippen LogP contribution is 2.24. The zero-order chi connectivity index (χ0) is 16.2. The highest BCUT2D eigenvalue weighted by atomic mass is 16.6. The lowest BCUT2D eigenvalue weighted by atomic mass is 10.2. The number of hydrazone groups is 1. The molecule has 1 heterocycles. The van der Waals surface area contributed by atoms with E-state index < -0.39 is 10.8 Å². The van der Waals surface area contributed by atoms with E-state index in [0.29, 0.717) is 11.0 Å². The Morgan fingerprint density at radius 2 is 1.96 bits per heavy atom. The standard InChI is InChI=1S/C16H11N3O4/c20-16(18-17-10-11-4-2-1-3-5-11)15-9-12-8-13(19(21)22)6-7-14(12)23-15/h1-10H,(H,18,20). The first-order valence-corrected chi connectivity index (χ1v) is 6.70. The van der Waals surface area contributed by atoms with Crippen molar-refractivity contribution in [3.63, 3.8) is 0 Å². The molecular formula is C16H11N3O4. The predicted molar refractivity (Wildman–Crippen MR) is 84.4 cm³/mol. The van der Waals surface area contributed by atoms with Gasteiger partial charge < -0.3 is 4.42 Å². The number of nitro groups is 1. The average Bonchev–Trinajstić information content (AvgIpc) is 2.99. The third-order valence-corrected chi connectivity index (χ3v) is 3.11. The zero-order valence-electron chi connectivity index (χ0n) is 11.8. The average molecular weight is 309 g/mol. The van der Waals surface area contributed by atoms with Crippen molar-refractivity contribution in [2.24, 2.45) is 5.10 Å². The summed E-state index contributed by atoms with van der Waals surface area (Å²) in [6.07, 6.45) is 1.51. The van der Waals surface area contributed by atoms with Gasteiger partial charge in [-0.25, -0.2) is 5.43 Å². The Labute approximate surface area is 130 Å². The lowest BCUT2D eigenvalue weighted by Crippen LogP contribution is -2.16. The first kappa shape index (κ1) is 14.5. The monoisotopic (exact) mass is 309 g/mol. The molecule has 3 aromatic rings. The summed E-state index contributed by atoms with van der Waals surface area (Å²) in [5.74, 6) is -0.498. The number of nitrogens with zero attached hydrogens (tertiary/aromatic N) is 2. The van der Waals surface area contributed by atoms with Crippen molar-refractivity contribution in [2.45, 2.75) is 0 Å². The molecular weight excluding hydrogens is 298 g/mol. The SMILES string of the molecule is O=C(NN=Cc1ccccc1)c1cc2cc([N+](=O)[O-])ccc2o1. The van der Waals surface area contributed by atoms with Gasteiger partial charge in [-0.3, -0.25) is 14.9 Å². The number of rotatable bonds is 4. The minimum Gasteiger partial charge on any atom is -0.451 e. The molecule has 0 radical (unpaired) electrons. The fraction of sp³-hybridized carbons (Fsp3) is 0. The molecule has 1 amide bonds. The van der Waals surface area contributed by atoms with Crippen molar-refractivity contribution < 1.29 is 14.1 Å². The Hall–Kier alpha value is -3.48. The van der Waals surface area contributed by atoms with Crippen molar-refractivity contribution in [3.8, 4) is 0 Å². The molecule has 0 saturated carbocycles. The van der Waals surface area contributed by atoms with E-state index >= 15 is 0 Å². The van der Waals surface area contributed by atoms with Crippen LogP contribution in [0.4, 0.5) is 5.69 Å². The number of amides is 1. The van der Waals surface area contributed by atoms with Crippen molar-refractivity contribution in [2.75, 3.05) is 0 Å². The number of nitro benzene ring substituents is 1. The largest absolute Gasteiger partial charge is 0.451 e. The summed E-state index contributed by atoms with van der Waals surface area (Å²) < 4.78 is 5.36. The normalized spacial score (nSPS) is 11.0. The van der Waals surface area contributed by atoms with Crippen LogP contribution in [0.1, 0.15) is 16.1 Å². The van der Waals surface area contributed by atoms with E-state index in [9.17, 15) is 14.9 Å². The van der Waals surface area contributed by atoms with Gasteiger partial charge in [0.25, 0.3) is 5.69 Å². The van der Waals surface area contributed by atoms with E-state index in [0.717, 1.165) is 5.56 Å². The molecule has 0 unspecified atom stereocenters. The molecule has 0 bridgehead atoms. The van der Waals surface area contributed by atoms with Gasteiger partial charge in [-0.1, -0.05) is 30.3 Å². The molecule has 0 aliphatic carbocycles. The van der Waals surface area contributed by atoms with Gasteiger partial charge in [0, 0.05) is 17.5 Å². The second-order valence-corrected chi connectivity index (χ2v) is 4.70. The summed E-state index contributed by atoms with van der Waals surface area (Å²) in [5.41, 5.74) is 3.52. The summed E-state index contributed by atoms with van der Waals surface area (Å²) >= 11 is 0. The Morgan fingerprint density at radius 1 is 1.17 bits per heavy atom. The molecule has 0 saturated heterocycles. The maximum absolute atomic E-state index is 12.0. The Kier molecular flexibility index (Phi) is 3.84. The summed E-state index contributed by atoms with van der Waals surface area (Å²) in [5, 5.41) is 15.1. The van der Waals surface area contributed by atoms with Crippen molar-refractivity contribution in [1.82, 2.24) is 5.43 Å². The van der Waals surface area contributed by atoms with Crippen LogP contribution in [0.25, 0.3) is 11.0 Å². The third kappa shape index (κ3) is 3.24. The summed E-state index contributed by atoms with van der Waals surface area (Å²) in [6, 6.07) is 14.8. The van der Waals surface area contributed by atoms with Gasteiger partial charge in [0.05, 0.1) is 11.1 Å². The molecule has 0 aliphatic rings. The van der Waals surface area contributed by atoms with E-state index in [1.165, 1.54) is 30.5 Å². The molecule has 7 nitrogen and oxygen atoms in total.